The number of aromatic nitrogens is 3. The third kappa shape index (κ3) is 4.15. The first-order chi connectivity index (χ1) is 13.5. The minimum atomic E-state index is -1.10. The first kappa shape index (κ1) is 19.2. The van der Waals surface area contributed by atoms with Gasteiger partial charge in [-0.3, -0.25) is 0 Å². The molecule has 1 aliphatic heterocycles. The van der Waals surface area contributed by atoms with Gasteiger partial charge in [0.2, 0.25) is 5.79 Å². The van der Waals surface area contributed by atoms with Crippen LogP contribution in [0.4, 0.5) is 0 Å². The molecule has 4 rings (SSSR count). The van der Waals surface area contributed by atoms with E-state index in [1.807, 2.05) is 37.3 Å². The monoisotopic (exact) mass is 419 g/mol. The van der Waals surface area contributed by atoms with Gasteiger partial charge < -0.3 is 14.2 Å². The molecule has 6 nitrogen and oxygen atoms in total. The zero-order valence-electron chi connectivity index (χ0n) is 15.2. The molecule has 8 heteroatoms. The van der Waals surface area contributed by atoms with Crippen LogP contribution in [0.5, 0.6) is 5.75 Å². The molecule has 146 valence electrons. The van der Waals surface area contributed by atoms with Crippen LogP contribution in [-0.2, 0) is 21.8 Å². The van der Waals surface area contributed by atoms with Crippen molar-refractivity contribution >= 4 is 23.2 Å². The van der Waals surface area contributed by atoms with Gasteiger partial charge in [0.1, 0.15) is 37.7 Å². The highest BCUT2D eigenvalue weighted by molar-refractivity contribution is 6.35. The summed E-state index contributed by atoms with van der Waals surface area (Å²) in [7, 11) is 0. The molecule has 0 radical (unpaired) electrons. The van der Waals surface area contributed by atoms with Crippen LogP contribution < -0.4 is 4.74 Å². The predicted molar refractivity (Wildman–Crippen MR) is 106 cm³/mol. The van der Waals surface area contributed by atoms with E-state index in [2.05, 4.69) is 10.1 Å². The van der Waals surface area contributed by atoms with Crippen molar-refractivity contribution in [3.8, 4) is 5.75 Å². The van der Waals surface area contributed by atoms with Crippen LogP contribution in [0.1, 0.15) is 11.1 Å². The molecule has 0 amide bonds. The SMILES string of the molecule is Cc1ccc(OC[C@@H]2CO[C@@](Cn3cncn3)(c3ccc(Cl)cc3Cl)O2)cc1. The first-order valence-electron chi connectivity index (χ1n) is 8.83. The zero-order valence-corrected chi connectivity index (χ0v) is 16.7. The van der Waals surface area contributed by atoms with E-state index in [-0.39, 0.29) is 6.10 Å². The normalized spacial score (nSPS) is 21.8. The summed E-state index contributed by atoms with van der Waals surface area (Å²) >= 11 is 12.5. The van der Waals surface area contributed by atoms with Gasteiger partial charge in [-0.2, -0.15) is 5.10 Å². The van der Waals surface area contributed by atoms with Crippen molar-refractivity contribution < 1.29 is 14.2 Å². The van der Waals surface area contributed by atoms with Gasteiger partial charge in [-0.1, -0.05) is 47.0 Å². The van der Waals surface area contributed by atoms with Crippen LogP contribution in [0.2, 0.25) is 10.0 Å². The average Bonchev–Trinajstić information content (AvgIpc) is 3.32. The summed E-state index contributed by atoms with van der Waals surface area (Å²) in [6.07, 6.45) is 2.80. The van der Waals surface area contributed by atoms with Gasteiger partial charge >= 0.3 is 0 Å². The second-order valence-electron chi connectivity index (χ2n) is 6.65. The Balaban J connectivity index is 1.54. The lowest BCUT2D eigenvalue weighted by Crippen LogP contribution is -2.35. The minimum absolute atomic E-state index is 0.267. The number of aryl methyl sites for hydroxylation is 1. The van der Waals surface area contributed by atoms with Gasteiger partial charge in [0.15, 0.2) is 0 Å². The van der Waals surface area contributed by atoms with Crippen LogP contribution in [0.15, 0.2) is 55.1 Å². The minimum Gasteiger partial charge on any atom is -0.491 e. The van der Waals surface area contributed by atoms with E-state index >= 15 is 0 Å². The molecule has 3 aromatic rings. The molecular formula is C20H19Cl2N3O3. The van der Waals surface area contributed by atoms with Gasteiger partial charge in [0.05, 0.1) is 11.6 Å². The number of rotatable bonds is 6. The Morgan fingerprint density at radius 2 is 2.04 bits per heavy atom. The summed E-state index contributed by atoms with van der Waals surface area (Å²) in [5.41, 5.74) is 1.86. The summed E-state index contributed by atoms with van der Waals surface area (Å²) in [6, 6.07) is 13.1. The van der Waals surface area contributed by atoms with Crippen LogP contribution in [0.25, 0.3) is 0 Å². The number of ether oxygens (including phenoxy) is 3. The number of benzene rings is 2. The predicted octanol–water partition coefficient (Wildman–Crippen LogP) is 4.24. The summed E-state index contributed by atoms with van der Waals surface area (Å²) in [4.78, 5) is 3.99. The molecule has 1 aromatic heterocycles. The van der Waals surface area contributed by atoms with Crippen molar-refractivity contribution in [2.45, 2.75) is 25.4 Å². The van der Waals surface area contributed by atoms with E-state index in [4.69, 9.17) is 37.4 Å². The summed E-state index contributed by atoms with van der Waals surface area (Å²) in [5, 5.41) is 5.18. The molecule has 0 N–H and O–H groups in total. The Morgan fingerprint density at radius 1 is 1.21 bits per heavy atom. The zero-order chi connectivity index (χ0) is 19.6. The molecule has 0 bridgehead atoms. The van der Waals surface area contributed by atoms with E-state index in [1.165, 1.54) is 11.9 Å². The van der Waals surface area contributed by atoms with E-state index in [0.29, 0.717) is 35.4 Å². The molecule has 28 heavy (non-hydrogen) atoms. The Morgan fingerprint density at radius 3 is 2.75 bits per heavy atom. The van der Waals surface area contributed by atoms with Crippen molar-refractivity contribution in [3.05, 3.63) is 76.3 Å². The quantitative estimate of drug-likeness (QED) is 0.597. The van der Waals surface area contributed by atoms with Crippen LogP contribution in [0.3, 0.4) is 0 Å². The average molecular weight is 420 g/mol. The third-order valence-corrected chi connectivity index (χ3v) is 5.04. The molecule has 1 fully saturated rings. The second kappa shape index (κ2) is 8.09. The molecule has 0 aliphatic carbocycles. The smallest absolute Gasteiger partial charge is 0.217 e. The lowest BCUT2D eigenvalue weighted by molar-refractivity contribution is -0.190. The summed E-state index contributed by atoms with van der Waals surface area (Å²) in [5.74, 6) is -0.316. The first-order valence-corrected chi connectivity index (χ1v) is 9.59. The molecule has 1 aliphatic rings. The number of hydrogen-bond acceptors (Lipinski definition) is 5. The Labute approximate surface area is 173 Å². The fraction of sp³-hybridized carbons (Fsp3) is 0.300. The molecular weight excluding hydrogens is 401 g/mol. The van der Waals surface area contributed by atoms with E-state index in [0.717, 1.165) is 5.75 Å². The lowest BCUT2D eigenvalue weighted by atomic mass is 10.1. The molecule has 0 spiro atoms. The number of nitrogens with zero attached hydrogens (tertiary/aromatic N) is 3. The van der Waals surface area contributed by atoms with Gasteiger partial charge in [0.25, 0.3) is 0 Å². The van der Waals surface area contributed by atoms with E-state index in [1.54, 1.807) is 23.1 Å². The van der Waals surface area contributed by atoms with E-state index < -0.39 is 5.79 Å². The maximum atomic E-state index is 6.45. The maximum absolute atomic E-state index is 6.45. The number of halogens is 2. The summed E-state index contributed by atoms with van der Waals surface area (Å²) in [6.45, 7) is 3.05. The second-order valence-corrected chi connectivity index (χ2v) is 7.49. The van der Waals surface area contributed by atoms with Crippen LogP contribution >= 0.6 is 23.2 Å². The molecule has 2 heterocycles. The highest BCUT2D eigenvalue weighted by atomic mass is 35.5. The van der Waals surface area contributed by atoms with Crippen molar-refractivity contribution in [2.24, 2.45) is 0 Å². The standard InChI is InChI=1S/C20H19Cl2N3O3/c1-14-2-5-16(6-3-14)26-9-17-10-27-20(28-17,11-25-13-23-12-24-25)18-7-4-15(21)8-19(18)22/h2-8,12-13,17H,9-11H2,1H3/t17-,20-/m1/s1. The van der Waals surface area contributed by atoms with Crippen molar-refractivity contribution in [2.75, 3.05) is 13.2 Å². The fourth-order valence-electron chi connectivity index (χ4n) is 3.11. The fourth-order valence-corrected chi connectivity index (χ4v) is 3.66. The van der Waals surface area contributed by atoms with Gasteiger partial charge in [-0.15, -0.1) is 0 Å². The van der Waals surface area contributed by atoms with Crippen molar-refractivity contribution in [1.82, 2.24) is 14.8 Å². The largest absolute Gasteiger partial charge is 0.491 e. The van der Waals surface area contributed by atoms with Crippen molar-refractivity contribution in [3.63, 3.8) is 0 Å². The lowest BCUT2D eigenvalue weighted by Gasteiger charge is -2.29. The Hall–Kier alpha value is -2.12. The van der Waals surface area contributed by atoms with Gasteiger partial charge in [0, 0.05) is 10.6 Å². The summed E-state index contributed by atoms with van der Waals surface area (Å²) < 4.78 is 19.9. The van der Waals surface area contributed by atoms with Gasteiger partial charge in [-0.05, 0) is 31.2 Å². The Kier molecular flexibility index (Phi) is 5.55. The number of hydrogen-bond donors (Lipinski definition) is 0. The maximum Gasteiger partial charge on any atom is 0.217 e. The molecule has 0 unspecified atom stereocenters. The Bertz CT molecular complexity index is 934. The topological polar surface area (TPSA) is 58.4 Å². The highest BCUT2D eigenvalue weighted by Gasteiger charge is 2.45. The highest BCUT2D eigenvalue weighted by Crippen LogP contribution is 2.40. The molecule has 2 atom stereocenters. The third-order valence-electron chi connectivity index (χ3n) is 4.49. The molecule has 2 aromatic carbocycles. The van der Waals surface area contributed by atoms with E-state index in [9.17, 15) is 0 Å². The van der Waals surface area contributed by atoms with Crippen LogP contribution in [-0.4, -0.2) is 34.1 Å². The molecule has 1 saturated heterocycles. The molecule has 0 saturated carbocycles. The van der Waals surface area contributed by atoms with Gasteiger partial charge in [-0.25, -0.2) is 9.67 Å². The van der Waals surface area contributed by atoms with Crippen molar-refractivity contribution in [1.29, 1.82) is 0 Å². The van der Waals surface area contributed by atoms with Crippen LogP contribution in [0, 0.1) is 6.92 Å².